The Labute approximate surface area is 158 Å². The first kappa shape index (κ1) is 22.5. The molecule has 0 bridgehead atoms. The molecular weight excluding hydrogens is 381 g/mol. The summed E-state index contributed by atoms with van der Waals surface area (Å²) in [5.41, 5.74) is 0.0217. The van der Waals surface area contributed by atoms with Crippen molar-refractivity contribution in [2.75, 3.05) is 13.2 Å². The van der Waals surface area contributed by atoms with Crippen LogP contribution in [0.2, 0.25) is 5.02 Å². The smallest absolute Gasteiger partial charge is 0.410 e. The summed E-state index contributed by atoms with van der Waals surface area (Å²) in [6.07, 6.45) is -1.55. The van der Waals surface area contributed by atoms with Crippen molar-refractivity contribution < 1.29 is 28.5 Å². The van der Waals surface area contributed by atoms with E-state index in [-0.39, 0.29) is 18.9 Å². The highest BCUT2D eigenvalue weighted by atomic mass is 35.5. The first-order valence-electron chi connectivity index (χ1n) is 8.21. The summed E-state index contributed by atoms with van der Waals surface area (Å²) in [5.74, 6) is -0.798. The van der Waals surface area contributed by atoms with Gasteiger partial charge in [0.15, 0.2) is 0 Å². The van der Waals surface area contributed by atoms with Gasteiger partial charge in [-0.3, -0.25) is 9.36 Å². The van der Waals surface area contributed by atoms with E-state index in [1.54, 1.807) is 38.1 Å². The van der Waals surface area contributed by atoms with Crippen LogP contribution in [0.4, 0.5) is 4.79 Å². The molecule has 1 rings (SSSR count). The van der Waals surface area contributed by atoms with Crippen molar-refractivity contribution in [3.63, 3.8) is 0 Å². The maximum absolute atomic E-state index is 12.2. The maximum Gasteiger partial charge on any atom is 0.410 e. The molecule has 0 heterocycles. The van der Waals surface area contributed by atoms with E-state index in [9.17, 15) is 19.0 Å². The zero-order valence-corrected chi connectivity index (χ0v) is 16.9. The molecule has 1 aromatic rings. The van der Waals surface area contributed by atoms with Gasteiger partial charge in [0.2, 0.25) is 13.7 Å². The highest BCUT2D eigenvalue weighted by Gasteiger charge is 2.27. The van der Waals surface area contributed by atoms with Gasteiger partial charge in [0.1, 0.15) is 0 Å². The lowest BCUT2D eigenvalue weighted by atomic mass is 10.1. The molecule has 9 heteroatoms. The third kappa shape index (κ3) is 7.77. The van der Waals surface area contributed by atoms with Crippen LogP contribution < -0.4 is 5.32 Å². The monoisotopic (exact) mass is 405 g/mol. The average molecular weight is 406 g/mol. The van der Waals surface area contributed by atoms with E-state index < -0.39 is 31.4 Å². The fourth-order valence-electron chi connectivity index (χ4n) is 2.19. The second kappa shape index (κ2) is 9.95. The first-order valence-corrected chi connectivity index (χ1v) is 10.8. The van der Waals surface area contributed by atoms with Crippen molar-refractivity contribution >= 4 is 31.0 Å². The van der Waals surface area contributed by atoms with Gasteiger partial charge in [0.05, 0.1) is 11.6 Å². The minimum atomic E-state index is -3.43. The Bertz CT molecular complexity index is 658. The fraction of sp³-hybridized carbons (Fsp3) is 0.529. The molecule has 0 spiro atoms. The van der Waals surface area contributed by atoms with Crippen LogP contribution in [0, 0.1) is 5.92 Å². The second-order valence-electron chi connectivity index (χ2n) is 6.29. The molecule has 3 unspecified atom stereocenters. The van der Waals surface area contributed by atoms with Crippen molar-refractivity contribution in [2.24, 2.45) is 5.92 Å². The summed E-state index contributed by atoms with van der Waals surface area (Å²) in [4.78, 5) is 33.2. The van der Waals surface area contributed by atoms with Gasteiger partial charge in [-0.15, -0.1) is 0 Å². The number of esters is 1. The molecule has 26 heavy (non-hydrogen) atoms. The van der Waals surface area contributed by atoms with Gasteiger partial charge < -0.3 is 19.7 Å². The van der Waals surface area contributed by atoms with Crippen LogP contribution in [0.15, 0.2) is 24.3 Å². The lowest BCUT2D eigenvalue weighted by molar-refractivity contribution is -0.168. The number of ether oxygens (including phenoxy) is 2. The predicted octanol–water partition coefficient (Wildman–Crippen LogP) is 3.94. The molecule has 3 atom stereocenters. The molecule has 0 saturated heterocycles. The zero-order chi connectivity index (χ0) is 19.9. The highest BCUT2D eigenvalue weighted by molar-refractivity contribution is 7.57. The Morgan fingerprint density at radius 2 is 1.77 bits per heavy atom. The quantitative estimate of drug-likeness (QED) is 0.386. The molecule has 1 aromatic carbocycles. The number of hydrogen-bond donors (Lipinski definition) is 2. The van der Waals surface area contributed by atoms with E-state index >= 15 is 0 Å². The van der Waals surface area contributed by atoms with Crippen molar-refractivity contribution in [2.45, 2.75) is 39.1 Å². The number of nitrogens with one attached hydrogen (secondary N) is 1. The lowest BCUT2D eigenvalue weighted by Crippen LogP contribution is -2.32. The molecule has 0 radical (unpaired) electrons. The predicted molar refractivity (Wildman–Crippen MR) is 99.4 cm³/mol. The van der Waals surface area contributed by atoms with Crippen LogP contribution in [0.5, 0.6) is 0 Å². The third-order valence-electron chi connectivity index (χ3n) is 3.55. The van der Waals surface area contributed by atoms with Crippen molar-refractivity contribution in [3.05, 3.63) is 34.9 Å². The third-order valence-corrected chi connectivity index (χ3v) is 5.51. The van der Waals surface area contributed by atoms with E-state index in [1.807, 2.05) is 0 Å². The number of hydrogen-bond acceptors (Lipinski definition) is 5. The van der Waals surface area contributed by atoms with Crippen LogP contribution >= 0.6 is 19.0 Å². The van der Waals surface area contributed by atoms with Crippen LogP contribution in [-0.4, -0.2) is 36.5 Å². The summed E-state index contributed by atoms with van der Waals surface area (Å²) in [7, 11) is -3.43. The van der Waals surface area contributed by atoms with Gasteiger partial charge in [0, 0.05) is 25.2 Å². The second-order valence-corrected chi connectivity index (χ2v) is 9.24. The Hall–Kier alpha value is -1.56. The molecule has 7 nitrogen and oxygen atoms in total. The van der Waals surface area contributed by atoms with Crippen LogP contribution in [-0.2, 0) is 18.8 Å². The molecule has 0 aliphatic heterocycles. The van der Waals surface area contributed by atoms with Crippen LogP contribution in [0.3, 0.4) is 0 Å². The Morgan fingerprint density at radius 3 is 2.27 bits per heavy atom. The molecule has 0 fully saturated rings. The van der Waals surface area contributed by atoms with E-state index in [2.05, 4.69) is 5.32 Å². The number of alkyl carbamates (subject to hydrolysis) is 1. The number of rotatable bonds is 8. The van der Waals surface area contributed by atoms with E-state index in [0.29, 0.717) is 10.6 Å². The number of carbonyl (C=O) groups excluding carboxylic acids is 2. The van der Waals surface area contributed by atoms with Gasteiger partial charge in [-0.1, -0.05) is 37.6 Å². The molecule has 0 aliphatic rings. The fourth-order valence-corrected chi connectivity index (χ4v) is 3.65. The first-order chi connectivity index (χ1) is 12.0. The van der Waals surface area contributed by atoms with Crippen LogP contribution in [0.1, 0.15) is 38.4 Å². The molecule has 146 valence electrons. The summed E-state index contributed by atoms with van der Waals surface area (Å²) in [6.45, 7) is 6.17. The standard InChI is InChI=1S/C17H25ClNO6P/c1-11(2)16(20)24-12(3)25-17(21)19-10-9-15(26(4,22)23)13-5-7-14(18)8-6-13/h5-8,11-12,15H,9-10H2,1-4H3,(H,19,21)(H,22,23). The number of carbonyl (C=O) groups is 2. The maximum atomic E-state index is 12.2. The van der Waals surface area contributed by atoms with Gasteiger partial charge in [-0.25, -0.2) is 4.79 Å². The molecule has 0 aliphatic carbocycles. The summed E-state index contributed by atoms with van der Waals surface area (Å²) in [6, 6.07) is 6.66. The summed E-state index contributed by atoms with van der Waals surface area (Å²) in [5, 5.41) is 3.02. The molecule has 1 amide bonds. The molecular formula is C17H25ClNO6P. The molecule has 0 aromatic heterocycles. The average Bonchev–Trinajstić information content (AvgIpc) is 2.51. The number of benzene rings is 1. The number of amides is 1. The topological polar surface area (TPSA) is 102 Å². The Balaban J connectivity index is 2.54. The van der Waals surface area contributed by atoms with Gasteiger partial charge >= 0.3 is 12.1 Å². The minimum absolute atomic E-state index is 0.120. The summed E-state index contributed by atoms with van der Waals surface area (Å²) < 4.78 is 22.0. The van der Waals surface area contributed by atoms with E-state index in [1.165, 1.54) is 13.6 Å². The van der Waals surface area contributed by atoms with Crippen LogP contribution in [0.25, 0.3) is 0 Å². The Morgan fingerprint density at radius 1 is 1.19 bits per heavy atom. The van der Waals surface area contributed by atoms with Gasteiger partial charge in [-0.2, -0.15) is 0 Å². The number of halogens is 1. The largest absolute Gasteiger partial charge is 0.425 e. The van der Waals surface area contributed by atoms with E-state index in [0.717, 1.165) is 0 Å². The van der Waals surface area contributed by atoms with Crippen molar-refractivity contribution in [1.82, 2.24) is 5.32 Å². The molecule has 2 N–H and O–H groups in total. The lowest BCUT2D eigenvalue weighted by Gasteiger charge is -2.21. The normalized spacial score (nSPS) is 15.7. The highest BCUT2D eigenvalue weighted by Crippen LogP contribution is 2.54. The summed E-state index contributed by atoms with van der Waals surface area (Å²) >= 11 is 5.84. The van der Waals surface area contributed by atoms with E-state index in [4.69, 9.17) is 21.1 Å². The van der Waals surface area contributed by atoms with Gasteiger partial charge in [0.25, 0.3) is 0 Å². The molecule has 0 saturated carbocycles. The van der Waals surface area contributed by atoms with Crippen molar-refractivity contribution in [3.8, 4) is 0 Å². The zero-order valence-electron chi connectivity index (χ0n) is 15.3. The Kier molecular flexibility index (Phi) is 8.60. The van der Waals surface area contributed by atoms with Crippen molar-refractivity contribution in [1.29, 1.82) is 0 Å². The van der Waals surface area contributed by atoms with Gasteiger partial charge in [-0.05, 0) is 24.1 Å². The minimum Gasteiger partial charge on any atom is -0.425 e. The SMILES string of the molecule is CC(OC(=O)NCCC(c1ccc(Cl)cc1)P(C)(=O)O)OC(=O)C(C)C.